The van der Waals surface area contributed by atoms with Crippen LogP contribution in [-0.4, -0.2) is 49.3 Å². The molecular formula is C13H26N2O. The molecule has 0 saturated carbocycles. The minimum absolute atomic E-state index is 0.504. The topological polar surface area (TPSA) is 24.5 Å². The van der Waals surface area contributed by atoms with E-state index in [-0.39, 0.29) is 0 Å². The summed E-state index contributed by atoms with van der Waals surface area (Å²) in [6, 6.07) is 1.40. The predicted octanol–water partition coefficient (Wildman–Crippen LogP) is 1.63. The fourth-order valence-corrected chi connectivity index (χ4v) is 2.88. The van der Waals surface area contributed by atoms with Gasteiger partial charge in [0.05, 0.1) is 6.10 Å². The lowest BCUT2D eigenvalue weighted by Crippen LogP contribution is -2.57. The molecule has 0 aromatic carbocycles. The third kappa shape index (κ3) is 2.96. The van der Waals surface area contributed by atoms with Crippen molar-refractivity contribution in [1.29, 1.82) is 0 Å². The van der Waals surface area contributed by atoms with Gasteiger partial charge in [0, 0.05) is 38.3 Å². The average Bonchev–Trinajstić information content (AvgIpc) is 2.82. The van der Waals surface area contributed by atoms with Gasteiger partial charge in [0.1, 0.15) is 0 Å². The van der Waals surface area contributed by atoms with E-state index in [4.69, 9.17) is 4.74 Å². The molecule has 2 fully saturated rings. The van der Waals surface area contributed by atoms with E-state index in [2.05, 4.69) is 24.1 Å². The minimum Gasteiger partial charge on any atom is -0.377 e. The van der Waals surface area contributed by atoms with E-state index in [1.54, 1.807) is 0 Å². The van der Waals surface area contributed by atoms with E-state index >= 15 is 0 Å². The molecule has 0 bridgehead atoms. The zero-order valence-corrected chi connectivity index (χ0v) is 10.7. The zero-order valence-electron chi connectivity index (χ0n) is 10.7. The number of nitrogens with zero attached hydrogens (tertiary/aromatic N) is 1. The van der Waals surface area contributed by atoms with Crippen LogP contribution in [0.3, 0.4) is 0 Å². The Kier molecular flexibility index (Phi) is 4.62. The van der Waals surface area contributed by atoms with Crippen molar-refractivity contribution in [3.8, 4) is 0 Å². The Balaban J connectivity index is 1.86. The van der Waals surface area contributed by atoms with Crippen LogP contribution in [0.5, 0.6) is 0 Å². The molecule has 16 heavy (non-hydrogen) atoms. The van der Waals surface area contributed by atoms with Crippen molar-refractivity contribution in [3.05, 3.63) is 0 Å². The average molecular weight is 226 g/mol. The first-order valence-electron chi connectivity index (χ1n) is 6.92. The highest BCUT2D eigenvalue weighted by Gasteiger charge is 2.28. The molecule has 0 aromatic rings. The number of nitrogens with one attached hydrogen (secondary N) is 1. The largest absolute Gasteiger partial charge is 0.377 e. The van der Waals surface area contributed by atoms with E-state index in [1.807, 2.05) is 0 Å². The number of hydrogen-bond acceptors (Lipinski definition) is 3. The van der Waals surface area contributed by atoms with Gasteiger partial charge in [-0.25, -0.2) is 0 Å². The highest BCUT2D eigenvalue weighted by atomic mass is 16.5. The Labute approximate surface area is 99.5 Å². The second-order valence-electron chi connectivity index (χ2n) is 5.16. The Morgan fingerprint density at radius 1 is 1.31 bits per heavy atom. The number of hydrogen-bond donors (Lipinski definition) is 1. The normalized spacial score (nSPS) is 36.8. The van der Waals surface area contributed by atoms with Gasteiger partial charge in [0.2, 0.25) is 0 Å². The van der Waals surface area contributed by atoms with Crippen molar-refractivity contribution >= 4 is 0 Å². The van der Waals surface area contributed by atoms with Crippen LogP contribution in [0.15, 0.2) is 0 Å². The SMILES string of the molecule is CCC1CN(CC2CCCO2)C(CC)CN1. The first kappa shape index (κ1) is 12.3. The molecule has 0 aliphatic carbocycles. The summed E-state index contributed by atoms with van der Waals surface area (Å²) in [7, 11) is 0. The molecule has 94 valence electrons. The first-order chi connectivity index (χ1) is 7.83. The highest BCUT2D eigenvalue weighted by molar-refractivity contribution is 4.86. The Bertz CT molecular complexity index is 204. The summed E-state index contributed by atoms with van der Waals surface area (Å²) in [5, 5.41) is 3.64. The fourth-order valence-electron chi connectivity index (χ4n) is 2.88. The summed E-state index contributed by atoms with van der Waals surface area (Å²) >= 11 is 0. The van der Waals surface area contributed by atoms with Crippen LogP contribution in [0.4, 0.5) is 0 Å². The van der Waals surface area contributed by atoms with Crippen LogP contribution < -0.4 is 5.32 Å². The van der Waals surface area contributed by atoms with E-state index in [0.717, 1.165) is 19.7 Å². The second-order valence-corrected chi connectivity index (χ2v) is 5.16. The molecule has 2 aliphatic heterocycles. The van der Waals surface area contributed by atoms with Crippen LogP contribution in [0.25, 0.3) is 0 Å². The molecule has 0 amide bonds. The smallest absolute Gasteiger partial charge is 0.0702 e. The molecule has 0 spiro atoms. The number of rotatable bonds is 4. The second kappa shape index (κ2) is 5.99. The van der Waals surface area contributed by atoms with Crippen LogP contribution >= 0.6 is 0 Å². The van der Waals surface area contributed by atoms with Gasteiger partial charge in [-0.2, -0.15) is 0 Å². The summed E-state index contributed by atoms with van der Waals surface area (Å²) in [6.07, 6.45) is 5.50. The third-order valence-electron chi connectivity index (χ3n) is 4.04. The van der Waals surface area contributed by atoms with Crippen molar-refractivity contribution in [1.82, 2.24) is 10.2 Å². The lowest BCUT2D eigenvalue weighted by atomic mass is 10.0. The molecule has 2 heterocycles. The molecule has 2 aliphatic rings. The summed E-state index contributed by atoms with van der Waals surface area (Å²) in [5.74, 6) is 0. The van der Waals surface area contributed by atoms with E-state index in [1.165, 1.54) is 32.2 Å². The quantitative estimate of drug-likeness (QED) is 0.788. The van der Waals surface area contributed by atoms with Gasteiger partial charge in [-0.3, -0.25) is 4.90 Å². The van der Waals surface area contributed by atoms with Gasteiger partial charge in [-0.05, 0) is 25.7 Å². The summed E-state index contributed by atoms with van der Waals surface area (Å²) in [5.41, 5.74) is 0. The summed E-state index contributed by atoms with van der Waals surface area (Å²) in [6.45, 7) is 9.05. The van der Waals surface area contributed by atoms with Gasteiger partial charge in [0.15, 0.2) is 0 Å². The van der Waals surface area contributed by atoms with Gasteiger partial charge >= 0.3 is 0 Å². The fraction of sp³-hybridized carbons (Fsp3) is 1.00. The third-order valence-corrected chi connectivity index (χ3v) is 4.04. The number of ether oxygens (including phenoxy) is 1. The lowest BCUT2D eigenvalue weighted by molar-refractivity contribution is 0.0379. The molecule has 0 radical (unpaired) electrons. The van der Waals surface area contributed by atoms with Crippen LogP contribution in [0.1, 0.15) is 39.5 Å². The monoisotopic (exact) mass is 226 g/mol. The summed E-state index contributed by atoms with van der Waals surface area (Å²) in [4.78, 5) is 2.65. The highest BCUT2D eigenvalue weighted by Crippen LogP contribution is 2.18. The van der Waals surface area contributed by atoms with E-state index in [0.29, 0.717) is 18.2 Å². The van der Waals surface area contributed by atoms with Crippen molar-refractivity contribution in [3.63, 3.8) is 0 Å². The summed E-state index contributed by atoms with van der Waals surface area (Å²) < 4.78 is 5.76. The van der Waals surface area contributed by atoms with Gasteiger partial charge in [-0.15, -0.1) is 0 Å². The predicted molar refractivity (Wildman–Crippen MR) is 66.7 cm³/mol. The Morgan fingerprint density at radius 3 is 2.81 bits per heavy atom. The maximum atomic E-state index is 5.76. The Morgan fingerprint density at radius 2 is 2.19 bits per heavy atom. The van der Waals surface area contributed by atoms with Crippen molar-refractivity contribution in [2.75, 3.05) is 26.2 Å². The molecule has 2 saturated heterocycles. The number of piperazine rings is 1. The standard InChI is InChI=1S/C13H26N2O/c1-3-11-9-15(12(4-2)8-14-11)10-13-6-5-7-16-13/h11-14H,3-10H2,1-2H3. The molecule has 3 atom stereocenters. The van der Waals surface area contributed by atoms with Crippen molar-refractivity contribution in [2.45, 2.75) is 57.7 Å². The first-order valence-corrected chi connectivity index (χ1v) is 6.92. The minimum atomic E-state index is 0.504. The van der Waals surface area contributed by atoms with Gasteiger partial charge in [0.25, 0.3) is 0 Å². The Hall–Kier alpha value is -0.120. The van der Waals surface area contributed by atoms with Crippen LogP contribution in [-0.2, 0) is 4.74 Å². The molecule has 0 aromatic heterocycles. The van der Waals surface area contributed by atoms with E-state index in [9.17, 15) is 0 Å². The van der Waals surface area contributed by atoms with Gasteiger partial charge in [-0.1, -0.05) is 13.8 Å². The molecule has 1 N–H and O–H groups in total. The van der Waals surface area contributed by atoms with Crippen molar-refractivity contribution < 1.29 is 4.74 Å². The van der Waals surface area contributed by atoms with Gasteiger partial charge < -0.3 is 10.1 Å². The maximum Gasteiger partial charge on any atom is 0.0702 e. The lowest BCUT2D eigenvalue weighted by Gasteiger charge is -2.41. The molecule has 3 unspecified atom stereocenters. The van der Waals surface area contributed by atoms with E-state index < -0.39 is 0 Å². The molecule has 2 rings (SSSR count). The molecule has 3 nitrogen and oxygen atoms in total. The zero-order chi connectivity index (χ0) is 11.4. The van der Waals surface area contributed by atoms with Crippen LogP contribution in [0.2, 0.25) is 0 Å². The maximum absolute atomic E-state index is 5.76. The van der Waals surface area contributed by atoms with Crippen LogP contribution in [0, 0.1) is 0 Å². The molecular weight excluding hydrogens is 200 g/mol. The van der Waals surface area contributed by atoms with Crippen molar-refractivity contribution in [2.24, 2.45) is 0 Å². The molecule has 3 heteroatoms.